The Balaban J connectivity index is 2.03. The predicted octanol–water partition coefficient (Wildman–Crippen LogP) is 2.15. The van der Waals surface area contributed by atoms with E-state index >= 15 is 0 Å². The Morgan fingerprint density at radius 3 is 2.40 bits per heavy atom. The summed E-state index contributed by atoms with van der Waals surface area (Å²) in [5, 5.41) is 8.67. The summed E-state index contributed by atoms with van der Waals surface area (Å²) in [6.07, 6.45) is 0.476. The first-order valence-electron chi connectivity index (χ1n) is 7.11. The second-order valence-corrected chi connectivity index (χ2v) is 5.52. The van der Waals surface area contributed by atoms with Crippen LogP contribution in [0.15, 0.2) is 24.3 Å². The molecule has 0 saturated carbocycles. The molecule has 20 heavy (non-hydrogen) atoms. The topological polar surface area (TPSA) is 40.5 Å². The van der Waals surface area contributed by atoms with Crippen molar-refractivity contribution in [3.8, 4) is 11.8 Å². The first kappa shape index (κ1) is 14.6. The molecule has 0 aromatic heterocycles. The van der Waals surface area contributed by atoms with Crippen molar-refractivity contribution in [1.29, 1.82) is 0 Å². The van der Waals surface area contributed by atoms with Crippen LogP contribution in [0.25, 0.3) is 0 Å². The molecular formula is C17H21NO2. The number of amides is 1. The SMILES string of the molecule is CC1CN(C(=O)c2ccc(C#CCCO)cc2)CC1C. The van der Waals surface area contributed by atoms with E-state index in [1.807, 2.05) is 29.2 Å². The van der Waals surface area contributed by atoms with Crippen LogP contribution in [0.3, 0.4) is 0 Å². The highest BCUT2D eigenvalue weighted by Crippen LogP contribution is 2.23. The van der Waals surface area contributed by atoms with Gasteiger partial charge >= 0.3 is 0 Å². The van der Waals surface area contributed by atoms with Crippen LogP contribution in [0.4, 0.5) is 0 Å². The molecule has 1 amide bonds. The molecule has 1 aliphatic rings. The van der Waals surface area contributed by atoms with E-state index in [4.69, 9.17) is 5.11 Å². The highest BCUT2D eigenvalue weighted by atomic mass is 16.2. The maximum atomic E-state index is 12.4. The van der Waals surface area contributed by atoms with Gasteiger partial charge < -0.3 is 10.0 Å². The minimum atomic E-state index is 0.0783. The van der Waals surface area contributed by atoms with Crippen molar-refractivity contribution in [2.24, 2.45) is 11.8 Å². The average molecular weight is 271 g/mol. The number of nitrogens with zero attached hydrogens (tertiary/aromatic N) is 1. The van der Waals surface area contributed by atoms with Crippen molar-refractivity contribution in [3.63, 3.8) is 0 Å². The van der Waals surface area contributed by atoms with Gasteiger partial charge in [0, 0.05) is 30.6 Å². The fourth-order valence-corrected chi connectivity index (χ4v) is 2.39. The Bertz CT molecular complexity index is 514. The highest BCUT2D eigenvalue weighted by molar-refractivity contribution is 5.94. The van der Waals surface area contributed by atoms with E-state index in [0.29, 0.717) is 18.3 Å². The van der Waals surface area contributed by atoms with Gasteiger partial charge in [0.1, 0.15) is 0 Å². The van der Waals surface area contributed by atoms with E-state index in [2.05, 4.69) is 25.7 Å². The number of benzene rings is 1. The number of carbonyl (C=O) groups excluding carboxylic acids is 1. The van der Waals surface area contributed by atoms with Crippen LogP contribution >= 0.6 is 0 Å². The minimum absolute atomic E-state index is 0.0783. The molecule has 0 aliphatic carbocycles. The lowest BCUT2D eigenvalue weighted by molar-refractivity contribution is 0.0785. The Morgan fingerprint density at radius 2 is 1.85 bits per heavy atom. The van der Waals surface area contributed by atoms with Crippen LogP contribution in [0.2, 0.25) is 0 Å². The summed E-state index contributed by atoms with van der Waals surface area (Å²) in [4.78, 5) is 14.3. The number of aliphatic hydroxyl groups is 1. The number of carbonyl (C=O) groups is 1. The summed E-state index contributed by atoms with van der Waals surface area (Å²) in [6, 6.07) is 7.39. The Hall–Kier alpha value is -1.79. The molecule has 1 N–H and O–H groups in total. The zero-order valence-corrected chi connectivity index (χ0v) is 12.1. The molecule has 106 valence electrons. The molecular weight excluding hydrogens is 250 g/mol. The lowest BCUT2D eigenvalue weighted by Crippen LogP contribution is -2.28. The summed E-state index contributed by atoms with van der Waals surface area (Å²) in [7, 11) is 0. The van der Waals surface area contributed by atoms with Crippen molar-refractivity contribution in [1.82, 2.24) is 4.90 Å². The third-order valence-electron chi connectivity index (χ3n) is 3.88. The van der Waals surface area contributed by atoms with Crippen molar-refractivity contribution >= 4 is 5.91 Å². The molecule has 2 unspecified atom stereocenters. The molecule has 1 aromatic rings. The van der Waals surface area contributed by atoms with Gasteiger partial charge in [-0.15, -0.1) is 0 Å². The summed E-state index contributed by atoms with van der Waals surface area (Å²) in [6.45, 7) is 6.15. The van der Waals surface area contributed by atoms with E-state index in [1.165, 1.54) is 0 Å². The zero-order valence-electron chi connectivity index (χ0n) is 12.1. The van der Waals surface area contributed by atoms with Crippen molar-refractivity contribution in [3.05, 3.63) is 35.4 Å². The standard InChI is InChI=1S/C17H21NO2/c1-13-11-18(12-14(13)2)17(20)16-8-6-15(7-9-16)5-3-4-10-19/h6-9,13-14,19H,4,10-12H2,1-2H3. The van der Waals surface area contributed by atoms with Gasteiger partial charge in [0.25, 0.3) is 5.91 Å². The van der Waals surface area contributed by atoms with Gasteiger partial charge in [-0.2, -0.15) is 0 Å². The van der Waals surface area contributed by atoms with E-state index in [0.717, 1.165) is 24.2 Å². The third-order valence-corrected chi connectivity index (χ3v) is 3.88. The lowest BCUT2D eigenvalue weighted by Gasteiger charge is -2.16. The van der Waals surface area contributed by atoms with Crippen LogP contribution in [0.5, 0.6) is 0 Å². The zero-order chi connectivity index (χ0) is 14.5. The minimum Gasteiger partial charge on any atom is -0.395 e. The van der Waals surface area contributed by atoms with Crippen molar-refractivity contribution < 1.29 is 9.90 Å². The summed E-state index contributed by atoms with van der Waals surface area (Å²) in [5.74, 6) is 7.08. The molecule has 1 aliphatic heterocycles. The molecule has 1 heterocycles. The second kappa shape index (κ2) is 6.58. The van der Waals surface area contributed by atoms with Crippen LogP contribution < -0.4 is 0 Å². The van der Waals surface area contributed by atoms with Gasteiger partial charge in [-0.05, 0) is 36.1 Å². The molecule has 1 fully saturated rings. The normalized spacial score (nSPS) is 21.4. The first-order chi connectivity index (χ1) is 9.61. The molecule has 0 bridgehead atoms. The van der Waals surface area contributed by atoms with Gasteiger partial charge in [0.15, 0.2) is 0 Å². The molecule has 1 saturated heterocycles. The Labute approximate surface area is 120 Å². The van der Waals surface area contributed by atoms with E-state index in [-0.39, 0.29) is 12.5 Å². The summed E-state index contributed by atoms with van der Waals surface area (Å²) in [5.41, 5.74) is 1.59. The third kappa shape index (κ3) is 3.40. The maximum absolute atomic E-state index is 12.4. The monoisotopic (exact) mass is 271 g/mol. The molecule has 2 rings (SSSR count). The molecule has 0 spiro atoms. The molecule has 3 heteroatoms. The van der Waals surface area contributed by atoms with Crippen LogP contribution in [-0.2, 0) is 0 Å². The van der Waals surface area contributed by atoms with Crippen molar-refractivity contribution in [2.45, 2.75) is 20.3 Å². The van der Waals surface area contributed by atoms with Gasteiger partial charge in [-0.1, -0.05) is 25.7 Å². The molecule has 3 nitrogen and oxygen atoms in total. The van der Waals surface area contributed by atoms with Gasteiger partial charge in [0.2, 0.25) is 0 Å². The predicted molar refractivity (Wildman–Crippen MR) is 79.3 cm³/mol. The van der Waals surface area contributed by atoms with Crippen molar-refractivity contribution in [2.75, 3.05) is 19.7 Å². The highest BCUT2D eigenvalue weighted by Gasteiger charge is 2.29. The van der Waals surface area contributed by atoms with E-state index in [1.54, 1.807) is 0 Å². The van der Waals surface area contributed by atoms with Crippen LogP contribution in [-0.4, -0.2) is 35.6 Å². The Kier molecular flexibility index (Phi) is 4.81. The summed E-state index contributed by atoms with van der Waals surface area (Å²) < 4.78 is 0. The Morgan fingerprint density at radius 1 is 1.25 bits per heavy atom. The fraction of sp³-hybridized carbons (Fsp3) is 0.471. The van der Waals surface area contributed by atoms with Crippen LogP contribution in [0.1, 0.15) is 36.2 Å². The molecule has 1 aromatic carbocycles. The summed E-state index contributed by atoms with van der Waals surface area (Å²) >= 11 is 0. The molecule has 2 atom stereocenters. The second-order valence-electron chi connectivity index (χ2n) is 5.52. The lowest BCUT2D eigenvalue weighted by atomic mass is 10.0. The van der Waals surface area contributed by atoms with E-state index in [9.17, 15) is 4.79 Å². The quantitative estimate of drug-likeness (QED) is 0.837. The first-order valence-corrected chi connectivity index (χ1v) is 7.11. The fourth-order valence-electron chi connectivity index (χ4n) is 2.39. The smallest absolute Gasteiger partial charge is 0.253 e. The number of rotatable bonds is 2. The number of aliphatic hydroxyl groups excluding tert-OH is 1. The van der Waals surface area contributed by atoms with E-state index < -0.39 is 0 Å². The van der Waals surface area contributed by atoms with Crippen LogP contribution in [0, 0.1) is 23.7 Å². The maximum Gasteiger partial charge on any atom is 0.253 e. The molecule has 0 radical (unpaired) electrons. The van der Waals surface area contributed by atoms with Gasteiger partial charge in [-0.3, -0.25) is 4.79 Å². The number of likely N-dealkylation sites (tertiary alicyclic amines) is 1. The van der Waals surface area contributed by atoms with Gasteiger partial charge in [-0.25, -0.2) is 0 Å². The number of hydrogen-bond donors (Lipinski definition) is 1. The average Bonchev–Trinajstić information content (AvgIpc) is 2.79. The van der Waals surface area contributed by atoms with Gasteiger partial charge in [0.05, 0.1) is 6.61 Å². The number of hydrogen-bond acceptors (Lipinski definition) is 2. The largest absolute Gasteiger partial charge is 0.395 e.